The maximum atomic E-state index is 8.52. The monoisotopic (exact) mass is 205 g/mol. The molecular weight excluding hydrogens is 182 g/mol. The van der Waals surface area contributed by atoms with Crippen molar-refractivity contribution in [2.75, 3.05) is 6.54 Å². The van der Waals surface area contributed by atoms with Crippen molar-refractivity contribution >= 4 is 8.32 Å². The fourth-order valence-corrected chi connectivity index (χ4v) is 2.29. The van der Waals surface area contributed by atoms with Gasteiger partial charge in [0.25, 0.3) is 0 Å². The van der Waals surface area contributed by atoms with Crippen LogP contribution in [0.3, 0.4) is 0 Å². The summed E-state index contributed by atoms with van der Waals surface area (Å²) in [7, 11) is -1.66. The van der Waals surface area contributed by atoms with Gasteiger partial charge in [-0.05, 0) is 25.1 Å². The Morgan fingerprint density at radius 1 is 1.38 bits per heavy atom. The lowest BCUT2D eigenvalue weighted by Crippen LogP contribution is -2.45. The van der Waals surface area contributed by atoms with E-state index in [9.17, 15) is 0 Å². The van der Waals surface area contributed by atoms with Gasteiger partial charge >= 0.3 is 0 Å². The Labute approximate surface area is 82.6 Å². The van der Waals surface area contributed by atoms with Gasteiger partial charge < -0.3 is 9.63 Å². The Hall–Kier alpha value is 0.0969. The summed E-state index contributed by atoms with van der Waals surface area (Å²) in [5.41, 5.74) is 2.14. The zero-order valence-electron chi connectivity index (χ0n) is 9.64. The average molecular weight is 205 g/mol. The van der Waals surface area contributed by atoms with Crippen LogP contribution in [-0.4, -0.2) is 26.2 Å². The third-order valence-electron chi connectivity index (χ3n) is 2.68. The minimum atomic E-state index is -1.66. The van der Waals surface area contributed by atoms with E-state index < -0.39 is 8.32 Å². The normalized spacial score (nSPS) is 15.9. The van der Waals surface area contributed by atoms with Crippen molar-refractivity contribution in [3.63, 3.8) is 0 Å². The van der Waals surface area contributed by atoms with Crippen LogP contribution in [0.15, 0.2) is 0 Å². The highest BCUT2D eigenvalue weighted by Crippen LogP contribution is 2.37. The molecule has 4 heteroatoms. The molecule has 2 N–H and O–H groups in total. The summed E-state index contributed by atoms with van der Waals surface area (Å²) in [4.78, 5) is 0. The fourth-order valence-electron chi connectivity index (χ4n) is 0.850. The number of hydrogen-bond acceptors (Lipinski definition) is 3. The highest BCUT2D eigenvalue weighted by molar-refractivity contribution is 6.74. The lowest BCUT2D eigenvalue weighted by Gasteiger charge is -2.38. The smallest absolute Gasteiger partial charge is 0.192 e. The van der Waals surface area contributed by atoms with Gasteiger partial charge in [-0.25, -0.2) is 5.48 Å². The van der Waals surface area contributed by atoms with E-state index in [1.165, 1.54) is 0 Å². The van der Waals surface area contributed by atoms with E-state index in [1.807, 2.05) is 6.92 Å². The zero-order valence-corrected chi connectivity index (χ0v) is 10.6. The first-order valence-corrected chi connectivity index (χ1v) is 7.66. The summed E-state index contributed by atoms with van der Waals surface area (Å²) in [5, 5.41) is 8.75. The number of nitrogens with one attached hydrogen (secondary N) is 1. The van der Waals surface area contributed by atoms with Crippen LogP contribution in [0.1, 0.15) is 27.7 Å². The fraction of sp³-hybridized carbons (Fsp3) is 1.00. The molecule has 1 atom stereocenters. The van der Waals surface area contributed by atoms with Crippen molar-refractivity contribution in [2.24, 2.45) is 0 Å². The summed E-state index contributed by atoms with van der Waals surface area (Å²) in [6, 6.07) is 0. The van der Waals surface area contributed by atoms with E-state index in [4.69, 9.17) is 9.63 Å². The van der Waals surface area contributed by atoms with Crippen molar-refractivity contribution in [1.29, 1.82) is 0 Å². The van der Waals surface area contributed by atoms with Crippen LogP contribution in [0, 0.1) is 0 Å². The summed E-state index contributed by atoms with van der Waals surface area (Å²) in [6.07, 6.45) is 0.0749. The van der Waals surface area contributed by atoms with Gasteiger partial charge in [0.05, 0.1) is 6.10 Å². The van der Waals surface area contributed by atoms with Crippen LogP contribution in [-0.2, 0) is 4.43 Å². The molecule has 0 spiro atoms. The maximum absolute atomic E-state index is 8.52. The topological polar surface area (TPSA) is 41.5 Å². The zero-order chi connectivity index (χ0) is 10.7. The summed E-state index contributed by atoms with van der Waals surface area (Å²) < 4.78 is 5.96. The molecule has 0 rings (SSSR count). The Morgan fingerprint density at radius 2 is 1.85 bits per heavy atom. The molecule has 0 fully saturated rings. The Balaban J connectivity index is 4.17. The van der Waals surface area contributed by atoms with Crippen molar-refractivity contribution in [3.05, 3.63) is 0 Å². The third kappa shape index (κ3) is 4.22. The molecule has 0 saturated carbocycles. The van der Waals surface area contributed by atoms with Crippen molar-refractivity contribution < 1.29 is 9.63 Å². The van der Waals surface area contributed by atoms with E-state index in [0.717, 1.165) is 0 Å². The second kappa shape index (κ2) is 4.55. The Kier molecular flexibility index (Phi) is 4.58. The predicted octanol–water partition coefficient (Wildman–Crippen LogP) is 2.38. The molecular formula is C9H23NO2Si. The van der Waals surface area contributed by atoms with Gasteiger partial charge in [0.15, 0.2) is 8.32 Å². The molecule has 0 aromatic carbocycles. The molecule has 0 radical (unpaired) electrons. The molecule has 0 aliphatic carbocycles. The first-order valence-electron chi connectivity index (χ1n) is 4.75. The van der Waals surface area contributed by atoms with Crippen LogP contribution in [0.2, 0.25) is 18.1 Å². The second-order valence-electron chi connectivity index (χ2n) is 5.05. The molecule has 0 aromatic rings. The minimum absolute atomic E-state index is 0.0749. The van der Waals surface area contributed by atoms with Gasteiger partial charge in [-0.2, -0.15) is 0 Å². The highest BCUT2D eigenvalue weighted by Gasteiger charge is 2.38. The molecule has 0 aliphatic heterocycles. The summed E-state index contributed by atoms with van der Waals surface area (Å²) >= 11 is 0. The largest absolute Gasteiger partial charge is 0.413 e. The Morgan fingerprint density at radius 3 is 2.15 bits per heavy atom. The van der Waals surface area contributed by atoms with Crippen LogP contribution < -0.4 is 5.48 Å². The quantitative estimate of drug-likeness (QED) is 0.547. The lowest BCUT2D eigenvalue weighted by atomic mass is 10.2. The first-order chi connectivity index (χ1) is 5.70. The Bertz CT molecular complexity index is 154. The summed E-state index contributed by atoms with van der Waals surface area (Å²) in [6.45, 7) is 13.5. The number of rotatable bonds is 4. The van der Waals surface area contributed by atoms with Gasteiger partial charge in [-0.1, -0.05) is 20.8 Å². The SMILES string of the molecule is C[C@@H](CNO)O[Si](C)(C)C(C)(C)C. The molecule has 0 saturated heterocycles. The van der Waals surface area contributed by atoms with E-state index in [-0.39, 0.29) is 11.1 Å². The molecule has 13 heavy (non-hydrogen) atoms. The second-order valence-corrected chi connectivity index (χ2v) is 9.81. The summed E-state index contributed by atoms with van der Waals surface area (Å²) in [5.74, 6) is 0. The van der Waals surface area contributed by atoms with E-state index >= 15 is 0 Å². The van der Waals surface area contributed by atoms with E-state index in [0.29, 0.717) is 6.54 Å². The molecule has 0 aromatic heterocycles. The molecule has 0 bridgehead atoms. The van der Waals surface area contributed by atoms with Gasteiger partial charge in [0, 0.05) is 6.54 Å². The lowest BCUT2D eigenvalue weighted by molar-refractivity contribution is 0.106. The van der Waals surface area contributed by atoms with Gasteiger partial charge in [-0.3, -0.25) is 0 Å². The van der Waals surface area contributed by atoms with Crippen LogP contribution in [0.4, 0.5) is 0 Å². The van der Waals surface area contributed by atoms with E-state index in [1.54, 1.807) is 0 Å². The number of hydroxylamine groups is 1. The highest BCUT2D eigenvalue weighted by atomic mass is 28.4. The molecule has 0 heterocycles. The van der Waals surface area contributed by atoms with Crippen LogP contribution >= 0.6 is 0 Å². The first kappa shape index (κ1) is 13.1. The standard InChI is InChI=1S/C9H23NO2Si/c1-8(7-10-11)12-13(5,6)9(2,3)4/h8,10-11H,7H2,1-6H3/t8-/m0/s1. The molecule has 0 aliphatic rings. The van der Waals surface area contributed by atoms with E-state index in [2.05, 4.69) is 39.3 Å². The molecule has 3 nitrogen and oxygen atoms in total. The van der Waals surface area contributed by atoms with Gasteiger partial charge in [0.2, 0.25) is 0 Å². The van der Waals surface area contributed by atoms with Gasteiger partial charge in [-0.15, -0.1) is 0 Å². The third-order valence-corrected chi connectivity index (χ3v) is 7.28. The average Bonchev–Trinajstić information content (AvgIpc) is 1.83. The minimum Gasteiger partial charge on any atom is -0.413 e. The number of hydrogen-bond donors (Lipinski definition) is 2. The van der Waals surface area contributed by atoms with Crippen LogP contribution in [0.5, 0.6) is 0 Å². The molecule has 0 unspecified atom stereocenters. The van der Waals surface area contributed by atoms with Crippen molar-refractivity contribution in [3.8, 4) is 0 Å². The molecule has 0 amide bonds. The van der Waals surface area contributed by atoms with Crippen molar-refractivity contribution in [2.45, 2.75) is 51.9 Å². The molecule has 80 valence electrons. The predicted molar refractivity (Wildman–Crippen MR) is 57.5 cm³/mol. The van der Waals surface area contributed by atoms with Crippen molar-refractivity contribution in [1.82, 2.24) is 5.48 Å². The van der Waals surface area contributed by atoms with Crippen LogP contribution in [0.25, 0.3) is 0 Å². The maximum Gasteiger partial charge on any atom is 0.192 e. The van der Waals surface area contributed by atoms with Gasteiger partial charge in [0.1, 0.15) is 0 Å².